The van der Waals surface area contributed by atoms with Crippen LogP contribution in [0.3, 0.4) is 0 Å². The summed E-state index contributed by atoms with van der Waals surface area (Å²) < 4.78 is -0.489. The SMILES string of the molecule is NC(=O)[N+]1(N[C@@H](CC(=O)O)C(=O)O)CCNC(c2ccccc2)C1. The molecule has 0 bridgehead atoms. The molecule has 1 aliphatic rings. The number of carbonyl (C=O) groups excluding carboxylic acids is 1. The minimum Gasteiger partial charge on any atom is -0.481 e. The van der Waals surface area contributed by atoms with Crippen LogP contribution < -0.4 is 16.5 Å². The van der Waals surface area contributed by atoms with Crippen molar-refractivity contribution in [2.45, 2.75) is 18.5 Å². The number of nitrogens with two attached hydrogens (primary N) is 1. The van der Waals surface area contributed by atoms with Crippen molar-refractivity contribution in [3.63, 3.8) is 0 Å². The van der Waals surface area contributed by atoms with E-state index in [0.29, 0.717) is 6.54 Å². The Morgan fingerprint density at radius 1 is 1.29 bits per heavy atom. The fourth-order valence-electron chi connectivity index (χ4n) is 2.85. The van der Waals surface area contributed by atoms with Gasteiger partial charge in [-0.3, -0.25) is 14.9 Å². The number of nitrogens with zero attached hydrogens (tertiary/aromatic N) is 1. The minimum absolute atomic E-state index is 0.183. The molecule has 1 aliphatic heterocycles. The molecule has 1 aromatic rings. The summed E-state index contributed by atoms with van der Waals surface area (Å²) in [6.45, 7) is 0.833. The van der Waals surface area contributed by atoms with Crippen LogP contribution in [0.15, 0.2) is 30.3 Å². The zero-order valence-electron chi connectivity index (χ0n) is 13.0. The van der Waals surface area contributed by atoms with E-state index < -0.39 is 35.0 Å². The van der Waals surface area contributed by atoms with E-state index in [9.17, 15) is 19.5 Å². The number of piperazine rings is 1. The van der Waals surface area contributed by atoms with Crippen molar-refractivity contribution < 1.29 is 29.2 Å². The highest BCUT2D eigenvalue weighted by molar-refractivity contribution is 5.80. The predicted octanol–water partition coefficient (Wildman–Crippen LogP) is -0.341. The van der Waals surface area contributed by atoms with Gasteiger partial charge in [-0.25, -0.2) is 4.79 Å². The average Bonchev–Trinajstić information content (AvgIpc) is 2.54. The smallest absolute Gasteiger partial charge is 0.433 e. The van der Waals surface area contributed by atoms with Crippen LogP contribution >= 0.6 is 0 Å². The number of carboxylic acids is 2. The number of rotatable bonds is 6. The summed E-state index contributed by atoms with van der Waals surface area (Å²) in [5, 5.41) is 21.4. The van der Waals surface area contributed by atoms with E-state index in [0.717, 1.165) is 5.56 Å². The third kappa shape index (κ3) is 4.07. The lowest BCUT2D eigenvalue weighted by atomic mass is 10.0. The highest BCUT2D eigenvalue weighted by Gasteiger charge is 2.44. The van der Waals surface area contributed by atoms with Gasteiger partial charge in [-0.05, 0) is 5.56 Å². The Morgan fingerprint density at radius 3 is 2.50 bits per heavy atom. The third-order valence-electron chi connectivity index (χ3n) is 4.08. The number of urea groups is 1. The maximum Gasteiger partial charge on any atom is 0.433 e. The number of amides is 2. The van der Waals surface area contributed by atoms with E-state index in [2.05, 4.69) is 10.7 Å². The first-order valence-corrected chi connectivity index (χ1v) is 7.52. The molecular weight excluding hydrogens is 316 g/mol. The molecular formula is C15H21N4O5+. The van der Waals surface area contributed by atoms with Crippen LogP contribution in [-0.2, 0) is 9.59 Å². The third-order valence-corrected chi connectivity index (χ3v) is 4.08. The fraction of sp³-hybridized carbons (Fsp3) is 0.400. The van der Waals surface area contributed by atoms with Gasteiger partial charge in [0.25, 0.3) is 0 Å². The van der Waals surface area contributed by atoms with E-state index in [1.54, 1.807) is 0 Å². The molecule has 9 heteroatoms. The highest BCUT2D eigenvalue weighted by atomic mass is 16.4. The van der Waals surface area contributed by atoms with Gasteiger partial charge in [0, 0.05) is 6.54 Å². The molecule has 2 amide bonds. The van der Waals surface area contributed by atoms with Crippen LogP contribution in [0.5, 0.6) is 0 Å². The molecule has 6 N–H and O–H groups in total. The van der Waals surface area contributed by atoms with Crippen molar-refractivity contribution in [1.82, 2.24) is 10.7 Å². The van der Waals surface area contributed by atoms with Crippen molar-refractivity contribution in [2.75, 3.05) is 19.6 Å². The first kappa shape index (κ1) is 17.9. The van der Waals surface area contributed by atoms with E-state index in [4.69, 9.17) is 10.8 Å². The first-order chi connectivity index (χ1) is 11.3. The summed E-state index contributed by atoms with van der Waals surface area (Å²) >= 11 is 0. The van der Waals surface area contributed by atoms with Gasteiger partial charge in [-0.1, -0.05) is 30.3 Å². The van der Waals surface area contributed by atoms with E-state index in [1.807, 2.05) is 30.3 Å². The zero-order chi connectivity index (χ0) is 17.7. The molecule has 0 spiro atoms. The quantitative estimate of drug-likeness (QED) is 0.447. The molecule has 24 heavy (non-hydrogen) atoms. The molecule has 1 fully saturated rings. The van der Waals surface area contributed by atoms with E-state index >= 15 is 0 Å². The molecule has 2 unspecified atom stereocenters. The van der Waals surface area contributed by atoms with Crippen LogP contribution in [0.25, 0.3) is 0 Å². The average molecular weight is 337 g/mol. The molecule has 1 aromatic carbocycles. The number of hydrogen-bond acceptors (Lipinski definition) is 5. The number of aliphatic carboxylic acids is 2. The second kappa shape index (κ2) is 7.39. The Hall–Kier alpha value is -2.49. The minimum atomic E-state index is -1.41. The Balaban J connectivity index is 2.24. The maximum absolute atomic E-state index is 12.1. The van der Waals surface area contributed by atoms with Crippen LogP contribution in [0.1, 0.15) is 18.0 Å². The number of carbonyl (C=O) groups is 3. The molecule has 1 heterocycles. The largest absolute Gasteiger partial charge is 0.481 e. The molecule has 0 aliphatic carbocycles. The van der Waals surface area contributed by atoms with Crippen LogP contribution in [0.2, 0.25) is 0 Å². The standard InChI is InChI=1S/C15H20N4O5/c16-15(24)19(18-11(14(22)23)8-13(20)21)7-6-17-12(9-19)10-4-2-1-3-5-10/h1-5,11-12,17-18H,6-9H2,(H3-,16,20,21,22,23,24)/p+1/t11-,12?,19?/m0/s1. The Morgan fingerprint density at radius 2 is 1.96 bits per heavy atom. The number of quaternary nitrogens is 1. The predicted molar refractivity (Wildman–Crippen MR) is 83.6 cm³/mol. The van der Waals surface area contributed by atoms with Gasteiger partial charge in [0.15, 0.2) is 6.04 Å². The van der Waals surface area contributed by atoms with Crippen molar-refractivity contribution in [3.8, 4) is 0 Å². The first-order valence-electron chi connectivity index (χ1n) is 7.52. The molecule has 1 saturated heterocycles. The van der Waals surface area contributed by atoms with Crippen LogP contribution in [-0.4, -0.2) is 58.5 Å². The summed E-state index contributed by atoms with van der Waals surface area (Å²) in [5.74, 6) is -2.61. The number of nitrogens with one attached hydrogen (secondary N) is 2. The zero-order valence-corrected chi connectivity index (χ0v) is 13.0. The Bertz CT molecular complexity index is 624. The van der Waals surface area contributed by atoms with Crippen molar-refractivity contribution >= 4 is 18.0 Å². The number of primary amides is 1. The molecule has 9 nitrogen and oxygen atoms in total. The molecule has 0 saturated carbocycles. The summed E-state index contributed by atoms with van der Waals surface area (Å²) in [6.07, 6.45) is -0.647. The Labute approximate surface area is 138 Å². The number of carboxylic acid groups (broad SMARTS) is 2. The lowest BCUT2D eigenvalue weighted by Crippen LogP contribution is -2.73. The second-order valence-electron chi connectivity index (χ2n) is 5.75. The normalized spacial score (nSPS) is 24.9. The Kier molecular flexibility index (Phi) is 5.50. The maximum atomic E-state index is 12.1. The van der Waals surface area contributed by atoms with Gasteiger partial charge in [0.05, 0.1) is 12.5 Å². The van der Waals surface area contributed by atoms with Crippen molar-refractivity contribution in [1.29, 1.82) is 0 Å². The lowest BCUT2D eigenvalue weighted by molar-refractivity contribution is -0.901. The van der Waals surface area contributed by atoms with Crippen molar-refractivity contribution in [2.24, 2.45) is 5.73 Å². The van der Waals surface area contributed by atoms with Gasteiger partial charge < -0.3 is 15.9 Å². The number of hydrogen-bond donors (Lipinski definition) is 5. The topological polar surface area (TPSA) is 142 Å². The number of benzene rings is 1. The van der Waals surface area contributed by atoms with E-state index in [1.165, 1.54) is 0 Å². The summed E-state index contributed by atoms with van der Waals surface area (Å²) in [6, 6.07) is 7.02. The van der Waals surface area contributed by atoms with Gasteiger partial charge in [-0.2, -0.15) is 4.59 Å². The second-order valence-corrected chi connectivity index (χ2v) is 5.75. The molecule has 130 valence electrons. The van der Waals surface area contributed by atoms with Crippen LogP contribution in [0, 0.1) is 0 Å². The van der Waals surface area contributed by atoms with Gasteiger partial charge in [-0.15, -0.1) is 5.43 Å². The highest BCUT2D eigenvalue weighted by Crippen LogP contribution is 2.21. The van der Waals surface area contributed by atoms with Crippen LogP contribution in [0.4, 0.5) is 4.79 Å². The molecule has 3 atom stereocenters. The lowest BCUT2D eigenvalue weighted by Gasteiger charge is -2.41. The summed E-state index contributed by atoms with van der Waals surface area (Å²) in [5.41, 5.74) is 9.10. The van der Waals surface area contributed by atoms with Gasteiger partial charge >= 0.3 is 18.0 Å². The van der Waals surface area contributed by atoms with Gasteiger partial charge in [0.1, 0.15) is 13.1 Å². The summed E-state index contributed by atoms with van der Waals surface area (Å²) in [7, 11) is 0. The molecule has 0 aromatic heterocycles. The monoisotopic (exact) mass is 337 g/mol. The molecule has 0 radical (unpaired) electrons. The van der Waals surface area contributed by atoms with Gasteiger partial charge in [0.2, 0.25) is 0 Å². The molecule has 2 rings (SSSR count). The fourth-order valence-corrected chi connectivity index (χ4v) is 2.85. The van der Waals surface area contributed by atoms with Crippen molar-refractivity contribution in [3.05, 3.63) is 35.9 Å². The summed E-state index contributed by atoms with van der Waals surface area (Å²) in [4.78, 5) is 34.3. The van der Waals surface area contributed by atoms with E-state index in [-0.39, 0.29) is 19.1 Å².